The molecule has 0 spiro atoms. The predicted molar refractivity (Wildman–Crippen MR) is 96.8 cm³/mol. The van der Waals surface area contributed by atoms with E-state index in [1.807, 2.05) is 36.4 Å². The lowest BCUT2D eigenvalue weighted by atomic mass is 9.48. The van der Waals surface area contributed by atoms with Gasteiger partial charge in [0.05, 0.1) is 0 Å². The summed E-state index contributed by atoms with van der Waals surface area (Å²) in [5.74, 6) is 3.65. The molecule has 0 unspecified atom stereocenters. The van der Waals surface area contributed by atoms with Gasteiger partial charge >= 0.3 is 0 Å². The standard InChI is InChI=1S/C22H26O2/c1-2-9-24-20-6-3-16(4-7-20)5-8-21(23)22-13-17-10-18(14-22)12-19(11-17)15-22/h2-8,17-19H,1,9-15H2/b8-5+. The van der Waals surface area contributed by atoms with Crippen molar-refractivity contribution in [3.8, 4) is 5.75 Å². The van der Waals surface area contributed by atoms with Gasteiger partial charge in [-0.1, -0.05) is 30.9 Å². The van der Waals surface area contributed by atoms with Crippen LogP contribution in [0.15, 0.2) is 43.0 Å². The molecule has 0 amide bonds. The molecule has 0 atom stereocenters. The number of hydrogen-bond donors (Lipinski definition) is 0. The van der Waals surface area contributed by atoms with Crippen LogP contribution in [0.5, 0.6) is 5.75 Å². The highest BCUT2D eigenvalue weighted by atomic mass is 16.5. The van der Waals surface area contributed by atoms with Crippen LogP contribution in [0.3, 0.4) is 0 Å². The number of benzene rings is 1. The molecule has 126 valence electrons. The van der Waals surface area contributed by atoms with Gasteiger partial charge in [-0.2, -0.15) is 0 Å². The monoisotopic (exact) mass is 322 g/mol. The second-order valence-electron chi connectivity index (χ2n) is 8.06. The van der Waals surface area contributed by atoms with Crippen LogP contribution in [0, 0.1) is 23.2 Å². The lowest BCUT2D eigenvalue weighted by Crippen LogP contribution is -2.49. The largest absolute Gasteiger partial charge is 0.490 e. The zero-order valence-corrected chi connectivity index (χ0v) is 14.2. The van der Waals surface area contributed by atoms with Crippen molar-refractivity contribution in [2.24, 2.45) is 23.2 Å². The molecule has 0 N–H and O–H groups in total. The van der Waals surface area contributed by atoms with Crippen LogP contribution in [-0.2, 0) is 4.79 Å². The van der Waals surface area contributed by atoms with E-state index in [2.05, 4.69) is 6.58 Å². The van der Waals surface area contributed by atoms with Crippen LogP contribution in [-0.4, -0.2) is 12.4 Å². The number of allylic oxidation sites excluding steroid dienone is 1. The van der Waals surface area contributed by atoms with Crippen LogP contribution >= 0.6 is 0 Å². The first-order chi connectivity index (χ1) is 11.7. The topological polar surface area (TPSA) is 26.3 Å². The van der Waals surface area contributed by atoms with Gasteiger partial charge in [-0.05, 0) is 80.1 Å². The SMILES string of the molecule is C=CCOc1ccc(/C=C/C(=O)C23CC4CC(CC(C4)C2)C3)cc1. The highest BCUT2D eigenvalue weighted by Gasteiger charge is 2.53. The van der Waals surface area contributed by atoms with Gasteiger partial charge in [-0.25, -0.2) is 0 Å². The first-order valence-electron chi connectivity index (χ1n) is 9.23. The van der Waals surface area contributed by atoms with E-state index in [1.165, 1.54) is 19.3 Å². The fourth-order valence-corrected chi connectivity index (χ4v) is 5.59. The van der Waals surface area contributed by atoms with E-state index in [0.717, 1.165) is 48.3 Å². The van der Waals surface area contributed by atoms with Crippen LogP contribution < -0.4 is 4.74 Å². The molecule has 1 aromatic rings. The van der Waals surface area contributed by atoms with Crippen LogP contribution in [0.4, 0.5) is 0 Å². The van der Waals surface area contributed by atoms with Gasteiger partial charge in [0.2, 0.25) is 0 Å². The molecule has 0 aliphatic heterocycles. The second-order valence-corrected chi connectivity index (χ2v) is 8.06. The Morgan fingerprint density at radius 2 is 1.67 bits per heavy atom. The van der Waals surface area contributed by atoms with Crippen molar-refractivity contribution in [3.05, 3.63) is 48.6 Å². The lowest BCUT2D eigenvalue weighted by molar-refractivity contribution is -0.138. The minimum Gasteiger partial charge on any atom is -0.490 e. The number of ketones is 1. The van der Waals surface area contributed by atoms with Crippen molar-refractivity contribution in [2.75, 3.05) is 6.61 Å². The van der Waals surface area contributed by atoms with E-state index in [1.54, 1.807) is 6.08 Å². The van der Waals surface area contributed by atoms with Crippen molar-refractivity contribution in [2.45, 2.75) is 38.5 Å². The Bertz CT molecular complexity index is 618. The number of carbonyl (C=O) groups is 1. The lowest BCUT2D eigenvalue weighted by Gasteiger charge is -2.55. The average molecular weight is 322 g/mol. The molecule has 4 bridgehead atoms. The highest BCUT2D eigenvalue weighted by molar-refractivity contribution is 5.98. The maximum absolute atomic E-state index is 13.0. The fraction of sp³-hybridized carbons (Fsp3) is 0.500. The zero-order chi connectivity index (χ0) is 16.6. The first kappa shape index (κ1) is 15.7. The Morgan fingerprint density at radius 1 is 1.08 bits per heavy atom. The van der Waals surface area contributed by atoms with Crippen molar-refractivity contribution in [1.82, 2.24) is 0 Å². The Hall–Kier alpha value is -1.83. The smallest absolute Gasteiger partial charge is 0.161 e. The third kappa shape index (κ3) is 2.94. The summed E-state index contributed by atoms with van der Waals surface area (Å²) in [6, 6.07) is 7.89. The highest BCUT2D eigenvalue weighted by Crippen LogP contribution is 2.60. The molecule has 0 radical (unpaired) electrons. The van der Waals surface area contributed by atoms with E-state index in [-0.39, 0.29) is 5.41 Å². The summed E-state index contributed by atoms with van der Waals surface area (Å²) < 4.78 is 5.49. The Balaban J connectivity index is 1.44. The van der Waals surface area contributed by atoms with E-state index < -0.39 is 0 Å². The van der Waals surface area contributed by atoms with Gasteiger partial charge in [-0.3, -0.25) is 4.79 Å². The van der Waals surface area contributed by atoms with Gasteiger partial charge in [-0.15, -0.1) is 0 Å². The van der Waals surface area contributed by atoms with E-state index in [9.17, 15) is 4.79 Å². The van der Waals surface area contributed by atoms with Crippen LogP contribution in [0.2, 0.25) is 0 Å². The molecule has 2 nitrogen and oxygen atoms in total. The molecule has 24 heavy (non-hydrogen) atoms. The van der Waals surface area contributed by atoms with Crippen LogP contribution in [0.1, 0.15) is 44.1 Å². The third-order valence-corrected chi connectivity index (χ3v) is 6.24. The van der Waals surface area contributed by atoms with Crippen LogP contribution in [0.25, 0.3) is 6.08 Å². The minimum atomic E-state index is -0.0295. The van der Waals surface area contributed by atoms with Crippen molar-refractivity contribution in [1.29, 1.82) is 0 Å². The Labute approximate surface area is 144 Å². The predicted octanol–water partition coefficient (Wildman–Crippen LogP) is 5.05. The quantitative estimate of drug-likeness (QED) is 0.541. The molecule has 5 rings (SSSR count). The summed E-state index contributed by atoms with van der Waals surface area (Å²) in [5, 5.41) is 0. The summed E-state index contributed by atoms with van der Waals surface area (Å²) in [5.41, 5.74) is 1.03. The molecule has 0 saturated heterocycles. The number of carbonyl (C=O) groups excluding carboxylic acids is 1. The average Bonchev–Trinajstić information content (AvgIpc) is 2.57. The third-order valence-electron chi connectivity index (χ3n) is 6.24. The summed E-state index contributed by atoms with van der Waals surface area (Å²) in [4.78, 5) is 13.0. The molecular weight excluding hydrogens is 296 g/mol. The summed E-state index contributed by atoms with van der Waals surface area (Å²) in [7, 11) is 0. The van der Waals surface area contributed by atoms with Gasteiger partial charge in [0.25, 0.3) is 0 Å². The molecule has 0 heterocycles. The molecule has 0 aromatic heterocycles. The summed E-state index contributed by atoms with van der Waals surface area (Å²) in [6.45, 7) is 4.16. The van der Waals surface area contributed by atoms with Gasteiger partial charge < -0.3 is 4.74 Å². The second kappa shape index (κ2) is 6.23. The maximum atomic E-state index is 13.0. The summed E-state index contributed by atoms with van der Waals surface area (Å²) >= 11 is 0. The molecule has 4 aliphatic carbocycles. The Morgan fingerprint density at radius 3 is 2.21 bits per heavy atom. The normalized spacial score (nSPS) is 33.8. The summed E-state index contributed by atoms with van der Waals surface area (Å²) in [6.07, 6.45) is 13.1. The van der Waals surface area contributed by atoms with Crippen molar-refractivity contribution < 1.29 is 9.53 Å². The minimum absolute atomic E-state index is 0.0295. The Kier molecular flexibility index (Phi) is 4.07. The number of rotatable bonds is 6. The maximum Gasteiger partial charge on any atom is 0.161 e. The van der Waals surface area contributed by atoms with Gasteiger partial charge in [0, 0.05) is 5.41 Å². The van der Waals surface area contributed by atoms with E-state index in [0.29, 0.717) is 12.4 Å². The number of ether oxygens (including phenoxy) is 1. The van der Waals surface area contributed by atoms with Gasteiger partial charge in [0.15, 0.2) is 5.78 Å². The molecule has 2 heteroatoms. The molecule has 4 aliphatic rings. The molecule has 1 aromatic carbocycles. The zero-order valence-electron chi connectivity index (χ0n) is 14.2. The molecule has 4 fully saturated rings. The van der Waals surface area contributed by atoms with E-state index >= 15 is 0 Å². The van der Waals surface area contributed by atoms with Crippen molar-refractivity contribution in [3.63, 3.8) is 0 Å². The fourth-order valence-electron chi connectivity index (χ4n) is 5.59. The van der Waals surface area contributed by atoms with Crippen molar-refractivity contribution >= 4 is 11.9 Å². The molecular formula is C22H26O2. The van der Waals surface area contributed by atoms with Gasteiger partial charge in [0.1, 0.15) is 12.4 Å². The van der Waals surface area contributed by atoms with E-state index in [4.69, 9.17) is 4.74 Å². The molecule has 4 saturated carbocycles. The first-order valence-corrected chi connectivity index (χ1v) is 9.23. The number of hydrogen-bond acceptors (Lipinski definition) is 2.